The Morgan fingerprint density at radius 2 is 1.70 bits per heavy atom. The first kappa shape index (κ1) is 24.4. The molecule has 3 heterocycles. The number of fused-ring (bicyclic) bond motifs is 4. The van der Waals surface area contributed by atoms with Crippen molar-refractivity contribution in [2.45, 2.75) is 25.3 Å². The van der Waals surface area contributed by atoms with Crippen LogP contribution in [0, 0.1) is 13.8 Å². The topological polar surface area (TPSA) is 114 Å². The molecule has 5 rings (SSSR count). The first-order valence-corrected chi connectivity index (χ1v) is 13.2. The molecule has 37 heavy (non-hydrogen) atoms. The number of pyridine rings is 1. The number of carbonyl (C=O) groups is 1. The number of nitrogens with zero attached hydrogens (tertiary/aromatic N) is 4. The zero-order chi connectivity index (χ0) is 26.0. The molecule has 0 spiro atoms. The van der Waals surface area contributed by atoms with Gasteiger partial charge in [0.1, 0.15) is 6.61 Å². The Hall–Kier alpha value is -4.31. The molecule has 0 atom stereocenters. The van der Waals surface area contributed by atoms with Crippen molar-refractivity contribution in [2.75, 3.05) is 17.9 Å². The lowest BCUT2D eigenvalue weighted by atomic mass is 10.00. The number of amides is 1. The molecule has 2 aromatic carbocycles. The number of aryl methyl sites for hydroxylation is 2. The second-order valence-electron chi connectivity index (χ2n) is 8.75. The van der Waals surface area contributed by atoms with E-state index in [-0.39, 0.29) is 41.3 Å². The third kappa shape index (κ3) is 5.29. The maximum Gasteiger partial charge on any atom is 0.264 e. The quantitative estimate of drug-likeness (QED) is 0.439. The number of anilines is 1. The summed E-state index contributed by atoms with van der Waals surface area (Å²) in [7, 11) is -4.09. The van der Waals surface area contributed by atoms with Gasteiger partial charge in [0.05, 0.1) is 17.1 Å². The van der Waals surface area contributed by atoms with E-state index in [1.807, 2.05) is 44.2 Å². The molecule has 188 valence electrons. The standard InChI is InChI=1S/C27H25N5O4S/c1-18-5-3-6-19(2)25(18)23-16-24-30-27(29-23)31-37(34,35)22-8-4-7-21(15-22)26(33)32(13-14-36-24)17-20-9-11-28-12-10-20/h3-12,15-16H,13-14,17H2,1-2H3,(H,29,30,31). The number of aromatic nitrogens is 3. The number of rotatable bonds is 3. The fourth-order valence-electron chi connectivity index (χ4n) is 4.27. The number of carbonyl (C=O) groups excluding carboxylic acids is 1. The molecule has 1 amide bonds. The Labute approximate surface area is 215 Å². The minimum atomic E-state index is -4.09. The van der Waals surface area contributed by atoms with E-state index in [4.69, 9.17) is 4.74 Å². The van der Waals surface area contributed by atoms with Gasteiger partial charge in [-0.05, 0) is 60.9 Å². The molecule has 2 aromatic heterocycles. The third-order valence-electron chi connectivity index (χ3n) is 6.08. The van der Waals surface area contributed by atoms with E-state index < -0.39 is 10.0 Å². The number of benzene rings is 2. The molecular formula is C27H25N5O4S. The average Bonchev–Trinajstić information content (AvgIpc) is 2.88. The van der Waals surface area contributed by atoms with Gasteiger partial charge in [-0.1, -0.05) is 24.3 Å². The predicted octanol–water partition coefficient (Wildman–Crippen LogP) is 3.99. The smallest absolute Gasteiger partial charge is 0.264 e. The van der Waals surface area contributed by atoms with Gasteiger partial charge in [-0.15, -0.1) is 0 Å². The van der Waals surface area contributed by atoms with Crippen molar-refractivity contribution >= 4 is 21.9 Å². The van der Waals surface area contributed by atoms with E-state index in [9.17, 15) is 13.2 Å². The van der Waals surface area contributed by atoms with Crippen molar-refractivity contribution in [1.29, 1.82) is 0 Å². The second kappa shape index (κ2) is 9.98. The molecular weight excluding hydrogens is 490 g/mol. The summed E-state index contributed by atoms with van der Waals surface area (Å²) in [4.78, 5) is 27.8. The summed E-state index contributed by atoms with van der Waals surface area (Å²) in [5.41, 5.74) is 4.51. The Bertz CT molecular complexity index is 1550. The molecule has 0 unspecified atom stereocenters. The monoisotopic (exact) mass is 515 g/mol. The number of sulfonamides is 1. The molecule has 4 aromatic rings. The summed E-state index contributed by atoms with van der Waals surface area (Å²) in [6.45, 7) is 4.63. The first-order chi connectivity index (χ1) is 17.8. The Morgan fingerprint density at radius 3 is 2.46 bits per heavy atom. The molecule has 0 aliphatic carbocycles. The van der Waals surface area contributed by atoms with Crippen LogP contribution >= 0.6 is 0 Å². The maximum absolute atomic E-state index is 13.4. The number of hydrogen-bond acceptors (Lipinski definition) is 7. The molecule has 0 radical (unpaired) electrons. The second-order valence-corrected chi connectivity index (χ2v) is 10.4. The largest absolute Gasteiger partial charge is 0.476 e. The minimum Gasteiger partial charge on any atom is -0.476 e. The van der Waals surface area contributed by atoms with Crippen molar-refractivity contribution in [1.82, 2.24) is 19.9 Å². The van der Waals surface area contributed by atoms with E-state index in [1.54, 1.807) is 35.5 Å². The molecule has 1 aliphatic rings. The highest BCUT2D eigenvalue weighted by Crippen LogP contribution is 2.29. The van der Waals surface area contributed by atoms with Gasteiger partial charge in [0.15, 0.2) is 0 Å². The van der Waals surface area contributed by atoms with Gasteiger partial charge >= 0.3 is 0 Å². The molecule has 1 aliphatic heterocycles. The van der Waals surface area contributed by atoms with Crippen LogP contribution in [0.1, 0.15) is 27.0 Å². The van der Waals surface area contributed by atoms with Crippen LogP contribution in [0.5, 0.6) is 5.88 Å². The number of ether oxygens (including phenoxy) is 1. The molecule has 0 fully saturated rings. The van der Waals surface area contributed by atoms with Gasteiger partial charge < -0.3 is 9.64 Å². The summed E-state index contributed by atoms with van der Waals surface area (Å²) in [6.07, 6.45) is 3.32. The van der Waals surface area contributed by atoms with Crippen LogP contribution in [-0.2, 0) is 16.6 Å². The molecule has 9 nitrogen and oxygen atoms in total. The SMILES string of the molecule is Cc1cccc(C)c1-c1cc2nc(n1)NS(=O)(=O)c1cccc(c1)C(=O)N(Cc1ccncc1)CCO2. The van der Waals surface area contributed by atoms with E-state index in [1.165, 1.54) is 12.1 Å². The molecule has 10 heteroatoms. The van der Waals surface area contributed by atoms with E-state index in [0.717, 1.165) is 22.3 Å². The maximum atomic E-state index is 13.4. The average molecular weight is 516 g/mol. The minimum absolute atomic E-state index is 0.0648. The third-order valence-corrected chi connectivity index (χ3v) is 7.40. The number of nitrogens with one attached hydrogen (secondary N) is 1. The van der Waals surface area contributed by atoms with Gasteiger partial charge in [0, 0.05) is 36.1 Å². The molecule has 0 saturated heterocycles. The lowest BCUT2D eigenvalue weighted by molar-refractivity contribution is 0.0714. The number of hydrogen-bond donors (Lipinski definition) is 1. The summed E-state index contributed by atoms with van der Waals surface area (Å²) < 4.78 is 35.0. The summed E-state index contributed by atoms with van der Waals surface area (Å²) in [6, 6.07) is 17.1. The molecule has 1 N–H and O–H groups in total. The normalized spacial score (nSPS) is 15.0. The molecule has 0 saturated carbocycles. The lowest BCUT2D eigenvalue weighted by Gasteiger charge is -2.23. The highest BCUT2D eigenvalue weighted by molar-refractivity contribution is 7.92. The van der Waals surface area contributed by atoms with Crippen LogP contribution in [-0.4, -0.2) is 47.3 Å². The lowest BCUT2D eigenvalue weighted by Crippen LogP contribution is -2.34. The summed E-state index contributed by atoms with van der Waals surface area (Å²) in [5, 5.41) is 0. The van der Waals surface area contributed by atoms with Gasteiger partial charge in [0.2, 0.25) is 11.8 Å². The Balaban J connectivity index is 1.60. The van der Waals surface area contributed by atoms with E-state index >= 15 is 0 Å². The van der Waals surface area contributed by atoms with Crippen LogP contribution in [0.25, 0.3) is 11.3 Å². The highest BCUT2D eigenvalue weighted by Gasteiger charge is 2.23. The van der Waals surface area contributed by atoms with Crippen molar-refractivity contribution in [3.05, 3.63) is 95.3 Å². The van der Waals surface area contributed by atoms with Gasteiger partial charge in [-0.3, -0.25) is 9.78 Å². The van der Waals surface area contributed by atoms with Crippen molar-refractivity contribution in [3.63, 3.8) is 0 Å². The Kier molecular flexibility index (Phi) is 6.58. The molecule has 4 bridgehead atoms. The fourth-order valence-corrected chi connectivity index (χ4v) is 5.26. The predicted molar refractivity (Wildman–Crippen MR) is 139 cm³/mol. The van der Waals surface area contributed by atoms with Crippen LogP contribution in [0.3, 0.4) is 0 Å². The van der Waals surface area contributed by atoms with Gasteiger partial charge in [0.25, 0.3) is 15.9 Å². The van der Waals surface area contributed by atoms with Crippen molar-refractivity contribution < 1.29 is 17.9 Å². The summed E-state index contributed by atoms with van der Waals surface area (Å²) in [5.74, 6) is -0.224. The van der Waals surface area contributed by atoms with Crippen LogP contribution in [0.15, 0.2) is 78.0 Å². The summed E-state index contributed by atoms with van der Waals surface area (Å²) >= 11 is 0. The van der Waals surface area contributed by atoms with Crippen molar-refractivity contribution in [2.24, 2.45) is 0 Å². The van der Waals surface area contributed by atoms with Gasteiger partial charge in [-0.25, -0.2) is 18.1 Å². The van der Waals surface area contributed by atoms with Crippen LogP contribution in [0.4, 0.5) is 5.95 Å². The van der Waals surface area contributed by atoms with Gasteiger partial charge in [-0.2, -0.15) is 4.98 Å². The van der Waals surface area contributed by atoms with Crippen LogP contribution < -0.4 is 9.46 Å². The first-order valence-electron chi connectivity index (χ1n) is 11.7. The highest BCUT2D eigenvalue weighted by atomic mass is 32.2. The van der Waals surface area contributed by atoms with E-state index in [2.05, 4.69) is 19.7 Å². The van der Waals surface area contributed by atoms with Crippen molar-refractivity contribution in [3.8, 4) is 17.1 Å². The Morgan fingerprint density at radius 1 is 0.973 bits per heavy atom. The zero-order valence-corrected chi connectivity index (χ0v) is 21.2. The fraction of sp³-hybridized carbons (Fsp3) is 0.185. The van der Waals surface area contributed by atoms with E-state index in [0.29, 0.717) is 12.2 Å². The van der Waals surface area contributed by atoms with Crippen LogP contribution in [0.2, 0.25) is 0 Å². The zero-order valence-electron chi connectivity index (χ0n) is 20.4.